The van der Waals surface area contributed by atoms with Crippen LogP contribution in [0.25, 0.3) is 50.3 Å². The predicted octanol–water partition coefficient (Wildman–Crippen LogP) is 10.5. The van der Waals surface area contributed by atoms with E-state index in [-0.39, 0.29) is 0 Å². The Kier molecular flexibility index (Phi) is 7.57. The van der Waals surface area contributed by atoms with Crippen molar-refractivity contribution in [3.63, 3.8) is 0 Å². The Morgan fingerprint density at radius 3 is 1.41 bits per heavy atom. The van der Waals surface area contributed by atoms with Gasteiger partial charge in [-0.2, -0.15) is 0 Å². The van der Waals surface area contributed by atoms with E-state index in [1.54, 1.807) is 12.4 Å². The maximum atomic E-state index is 6.45. The van der Waals surface area contributed by atoms with Crippen LogP contribution in [0, 0.1) is 27.7 Å². The Morgan fingerprint density at radius 2 is 0.939 bits per heavy atom. The van der Waals surface area contributed by atoms with Crippen LogP contribution in [0.5, 0.6) is 23.0 Å². The lowest BCUT2D eigenvalue weighted by atomic mass is 10.1. The standard InChI is InChI=1S/C42H33N5O2/c1-26-18-28(3)45-38(20-26)30-8-5-10-32(22-30)48-34-12-14-36-37-15-13-35(25-41(37)47(40(36)24-34)42-43-16-7-17-44-42)49-33-11-6-9-31(23-33)39-21-27(2)19-29(4)46-39/h5-25H,1-4H3. The Bertz CT molecular complexity index is 2310. The van der Waals surface area contributed by atoms with Crippen LogP contribution in [0.4, 0.5) is 0 Å². The molecule has 7 nitrogen and oxygen atoms in total. The van der Waals surface area contributed by atoms with Crippen molar-refractivity contribution < 1.29 is 9.47 Å². The average molecular weight is 640 g/mol. The lowest BCUT2D eigenvalue weighted by Crippen LogP contribution is -2.00. The number of ether oxygens (including phenoxy) is 2. The summed E-state index contributed by atoms with van der Waals surface area (Å²) in [4.78, 5) is 18.7. The molecule has 238 valence electrons. The highest BCUT2D eigenvalue weighted by atomic mass is 16.5. The number of benzene rings is 4. The molecule has 4 aromatic heterocycles. The molecule has 0 aliphatic heterocycles. The number of hydrogen-bond donors (Lipinski definition) is 0. The van der Waals surface area contributed by atoms with Crippen LogP contribution in [0.3, 0.4) is 0 Å². The van der Waals surface area contributed by atoms with Gasteiger partial charge >= 0.3 is 0 Å². The van der Waals surface area contributed by atoms with E-state index in [1.807, 2.05) is 80.6 Å². The normalized spacial score (nSPS) is 11.3. The summed E-state index contributed by atoms with van der Waals surface area (Å²) < 4.78 is 15.0. The fourth-order valence-electron chi connectivity index (χ4n) is 6.42. The highest BCUT2D eigenvalue weighted by Gasteiger charge is 2.17. The van der Waals surface area contributed by atoms with E-state index in [4.69, 9.17) is 19.4 Å². The first-order chi connectivity index (χ1) is 23.9. The zero-order valence-corrected chi connectivity index (χ0v) is 27.7. The number of nitrogens with zero attached hydrogens (tertiary/aromatic N) is 5. The van der Waals surface area contributed by atoms with Gasteiger partial charge in [-0.15, -0.1) is 0 Å². The molecule has 0 radical (unpaired) electrons. The van der Waals surface area contributed by atoms with Gasteiger partial charge in [0.2, 0.25) is 5.95 Å². The molecule has 0 spiro atoms. The first-order valence-electron chi connectivity index (χ1n) is 16.2. The second kappa shape index (κ2) is 12.4. The molecule has 0 saturated carbocycles. The van der Waals surface area contributed by atoms with E-state index in [0.717, 1.165) is 67.2 Å². The smallest absolute Gasteiger partial charge is 0.234 e. The molecule has 7 heteroatoms. The summed E-state index contributed by atoms with van der Waals surface area (Å²) in [5.41, 5.74) is 10.0. The molecular formula is C42H33N5O2. The maximum absolute atomic E-state index is 6.45. The second-order valence-corrected chi connectivity index (χ2v) is 12.3. The van der Waals surface area contributed by atoms with E-state index < -0.39 is 0 Å². The average Bonchev–Trinajstić information content (AvgIpc) is 3.41. The van der Waals surface area contributed by atoms with E-state index >= 15 is 0 Å². The minimum atomic E-state index is 0.558. The zero-order chi connectivity index (χ0) is 33.5. The number of fused-ring (bicyclic) bond motifs is 3. The van der Waals surface area contributed by atoms with Gasteiger partial charge in [-0.25, -0.2) is 9.97 Å². The summed E-state index contributed by atoms with van der Waals surface area (Å²) in [5.74, 6) is 3.41. The second-order valence-electron chi connectivity index (χ2n) is 12.3. The van der Waals surface area contributed by atoms with Crippen molar-refractivity contribution in [2.75, 3.05) is 0 Å². The van der Waals surface area contributed by atoms with Gasteiger partial charge in [0.25, 0.3) is 0 Å². The van der Waals surface area contributed by atoms with Crippen molar-refractivity contribution in [1.29, 1.82) is 0 Å². The highest BCUT2D eigenvalue weighted by Crippen LogP contribution is 2.38. The molecule has 4 aromatic carbocycles. The van der Waals surface area contributed by atoms with Gasteiger partial charge < -0.3 is 9.47 Å². The maximum Gasteiger partial charge on any atom is 0.234 e. The molecule has 8 rings (SSSR count). The Labute approximate surface area is 284 Å². The SMILES string of the molecule is Cc1cc(C)nc(-c2cccc(Oc3ccc4c5ccc(Oc6cccc(-c7cc(C)cc(C)n7)c6)cc5n(-c5ncccn5)c4c3)c2)c1. The predicted molar refractivity (Wildman–Crippen MR) is 195 cm³/mol. The van der Waals surface area contributed by atoms with E-state index in [2.05, 4.69) is 76.9 Å². The van der Waals surface area contributed by atoms with E-state index in [0.29, 0.717) is 17.4 Å². The molecule has 8 aromatic rings. The van der Waals surface area contributed by atoms with Crippen LogP contribution < -0.4 is 9.47 Å². The first kappa shape index (κ1) is 30.0. The van der Waals surface area contributed by atoms with Crippen LogP contribution >= 0.6 is 0 Å². The van der Waals surface area contributed by atoms with E-state index in [9.17, 15) is 0 Å². The quantitative estimate of drug-likeness (QED) is 0.173. The molecule has 49 heavy (non-hydrogen) atoms. The lowest BCUT2D eigenvalue weighted by Gasteiger charge is -2.11. The number of aryl methyl sites for hydroxylation is 4. The molecule has 4 heterocycles. The van der Waals surface area contributed by atoms with Crippen LogP contribution in [0.2, 0.25) is 0 Å². The Hall–Kier alpha value is -6.34. The molecule has 0 fully saturated rings. The molecule has 0 aliphatic carbocycles. The number of rotatable bonds is 7. The molecule has 0 unspecified atom stereocenters. The highest BCUT2D eigenvalue weighted by molar-refractivity contribution is 6.09. The van der Waals surface area contributed by atoms with Gasteiger partial charge in [0.15, 0.2) is 0 Å². The molecular weight excluding hydrogens is 606 g/mol. The first-order valence-corrected chi connectivity index (χ1v) is 16.2. The summed E-state index contributed by atoms with van der Waals surface area (Å²) in [7, 11) is 0. The number of hydrogen-bond acceptors (Lipinski definition) is 6. The monoisotopic (exact) mass is 639 g/mol. The van der Waals surface area contributed by atoms with Gasteiger partial charge in [0.1, 0.15) is 23.0 Å². The molecule has 0 atom stereocenters. The molecule has 0 bridgehead atoms. The fraction of sp³-hybridized carbons (Fsp3) is 0.0952. The third-order valence-electron chi connectivity index (χ3n) is 8.39. The topological polar surface area (TPSA) is 75.0 Å². The zero-order valence-electron chi connectivity index (χ0n) is 27.7. The van der Waals surface area contributed by atoms with Gasteiger partial charge in [-0.1, -0.05) is 24.3 Å². The summed E-state index contributed by atoms with van der Waals surface area (Å²) in [5, 5.41) is 2.11. The van der Waals surface area contributed by atoms with Gasteiger partial charge in [0, 0.05) is 57.8 Å². The number of pyridine rings is 2. The largest absolute Gasteiger partial charge is 0.457 e. The van der Waals surface area contributed by atoms with Crippen LogP contribution in [0.1, 0.15) is 22.5 Å². The van der Waals surface area contributed by atoms with Crippen LogP contribution in [0.15, 0.2) is 128 Å². The molecule has 0 aliphatic rings. The van der Waals surface area contributed by atoms with Gasteiger partial charge in [0.05, 0.1) is 22.4 Å². The molecule has 0 amide bonds. The van der Waals surface area contributed by atoms with Gasteiger partial charge in [-0.05, 0) is 118 Å². The van der Waals surface area contributed by atoms with Crippen LogP contribution in [-0.4, -0.2) is 24.5 Å². The van der Waals surface area contributed by atoms with Crippen molar-refractivity contribution in [3.8, 4) is 51.5 Å². The minimum absolute atomic E-state index is 0.558. The lowest BCUT2D eigenvalue weighted by molar-refractivity contribution is 0.483. The molecule has 0 N–H and O–H groups in total. The van der Waals surface area contributed by atoms with Crippen molar-refractivity contribution in [1.82, 2.24) is 24.5 Å². The number of aromatic nitrogens is 5. The van der Waals surface area contributed by atoms with Crippen molar-refractivity contribution in [2.24, 2.45) is 0 Å². The fourth-order valence-corrected chi connectivity index (χ4v) is 6.42. The summed E-state index contributed by atoms with van der Waals surface area (Å²) in [6, 6.07) is 38.4. The van der Waals surface area contributed by atoms with E-state index in [1.165, 1.54) is 11.1 Å². The van der Waals surface area contributed by atoms with Crippen LogP contribution in [-0.2, 0) is 0 Å². The third kappa shape index (κ3) is 6.10. The molecule has 0 saturated heterocycles. The van der Waals surface area contributed by atoms with Gasteiger partial charge in [-0.3, -0.25) is 14.5 Å². The van der Waals surface area contributed by atoms with Crippen molar-refractivity contribution in [2.45, 2.75) is 27.7 Å². The Morgan fingerprint density at radius 1 is 0.469 bits per heavy atom. The third-order valence-corrected chi connectivity index (χ3v) is 8.39. The summed E-state index contributed by atoms with van der Waals surface area (Å²) in [6.45, 7) is 8.19. The minimum Gasteiger partial charge on any atom is -0.457 e. The summed E-state index contributed by atoms with van der Waals surface area (Å²) in [6.07, 6.45) is 3.50. The van der Waals surface area contributed by atoms with Crippen molar-refractivity contribution >= 4 is 21.8 Å². The van der Waals surface area contributed by atoms with Crippen molar-refractivity contribution in [3.05, 3.63) is 150 Å². The Balaban J connectivity index is 1.17. The summed E-state index contributed by atoms with van der Waals surface area (Å²) >= 11 is 0.